The molecule has 4 aliphatic carbocycles. The lowest BCUT2D eigenvalue weighted by Gasteiger charge is -2.46. The second-order valence-corrected chi connectivity index (χ2v) is 13.1. The van der Waals surface area contributed by atoms with Gasteiger partial charge in [0.2, 0.25) is 0 Å². The van der Waals surface area contributed by atoms with E-state index < -0.39 is 53.0 Å². The summed E-state index contributed by atoms with van der Waals surface area (Å²) in [5, 5.41) is 0. The van der Waals surface area contributed by atoms with Crippen molar-refractivity contribution in [2.45, 2.75) is 106 Å². The fourth-order valence-corrected chi connectivity index (χ4v) is 10.2. The van der Waals surface area contributed by atoms with Crippen LogP contribution in [-0.2, 0) is 42.9 Å². The first-order valence-electron chi connectivity index (χ1n) is 13.9. The van der Waals surface area contributed by atoms with Crippen LogP contribution >= 0.6 is 0 Å². The van der Waals surface area contributed by atoms with Crippen LogP contribution in [-0.4, -0.2) is 51.2 Å². The van der Waals surface area contributed by atoms with Gasteiger partial charge in [-0.25, -0.2) is 0 Å². The molecule has 274 valence electrons. The summed E-state index contributed by atoms with van der Waals surface area (Å²) in [4.78, 5) is 65.6. The number of cyclic esters (lactones) is 2. The van der Waals surface area contributed by atoms with E-state index in [-0.39, 0.29) is 113 Å². The minimum absolute atomic E-state index is 0. The number of carbonyl (C=O) groups excluding carboxylic acids is 5. The Morgan fingerprint density at radius 3 is 1.57 bits per heavy atom. The Hall–Kier alpha value is -2.45. The smallest absolute Gasteiger partial charge is 0.317 e. The topological polar surface area (TPSA) is 122 Å². The lowest BCUT2D eigenvalue weighted by Crippen LogP contribution is -2.50. The van der Waals surface area contributed by atoms with Gasteiger partial charge >= 0.3 is 29.8 Å². The molecule has 0 amide bonds. The molecule has 1 heterocycles. The third-order valence-corrected chi connectivity index (χ3v) is 11.5. The van der Waals surface area contributed by atoms with Crippen molar-refractivity contribution in [1.82, 2.24) is 0 Å². The summed E-state index contributed by atoms with van der Waals surface area (Å²) in [7, 11) is 3.99. The molecule has 4 bridgehead atoms. The first-order valence-corrected chi connectivity index (χ1v) is 13.9. The highest BCUT2D eigenvalue weighted by Gasteiger charge is 2.70. The number of rotatable bonds is 6. The van der Waals surface area contributed by atoms with E-state index in [9.17, 15) is 24.0 Å². The summed E-state index contributed by atoms with van der Waals surface area (Å²) in [6.07, 6.45) is 2.43. The molecule has 1 saturated heterocycles. The zero-order valence-electron chi connectivity index (χ0n) is 23.3. The number of carbonyl (C=O) groups is 5. The number of hydrogen-bond acceptors (Lipinski definition) is 9. The Labute approximate surface area is 282 Å². The van der Waals surface area contributed by atoms with Gasteiger partial charge in [-0.05, 0) is 86.4 Å². The Kier molecular flexibility index (Phi) is 19.3. The standard InChI is InChI=1S/C29H40O9.8CH4/c1-11-8-13-9-14(11)23(29(3,4)28(34)37-7)18(13)22-21(26(32)38-27(22)33)17-12(2)15-10-16(17)20(25(31)36-6)19(15)24(30)35-5;;;;;;;;/h11-23H,8-10H2,1-7H3;8*1H4. The Morgan fingerprint density at radius 1 is 0.652 bits per heavy atom. The van der Waals surface area contributed by atoms with Gasteiger partial charge in [-0.1, -0.05) is 73.3 Å². The van der Waals surface area contributed by atoms with Crippen molar-refractivity contribution < 1.29 is 42.9 Å². The van der Waals surface area contributed by atoms with Crippen LogP contribution in [0.1, 0.15) is 106 Å². The second-order valence-electron chi connectivity index (χ2n) is 13.1. The van der Waals surface area contributed by atoms with Crippen LogP contribution in [0.25, 0.3) is 0 Å². The van der Waals surface area contributed by atoms with E-state index in [1.165, 1.54) is 21.3 Å². The normalized spacial score (nSPS) is 37.4. The highest BCUT2D eigenvalue weighted by atomic mass is 16.6. The zero-order valence-corrected chi connectivity index (χ0v) is 23.3. The molecular formula is C37H72O9. The number of fused-ring (bicyclic) bond motifs is 4. The van der Waals surface area contributed by atoms with Crippen LogP contribution in [0, 0.1) is 82.3 Å². The van der Waals surface area contributed by atoms with Crippen LogP contribution < -0.4 is 0 Å². The van der Waals surface area contributed by atoms with Crippen LogP contribution in [0.2, 0.25) is 0 Å². The molecule has 9 nitrogen and oxygen atoms in total. The van der Waals surface area contributed by atoms with Crippen molar-refractivity contribution in [3.05, 3.63) is 0 Å². The highest BCUT2D eigenvalue weighted by Crippen LogP contribution is 2.67. The molecule has 5 fully saturated rings. The summed E-state index contributed by atoms with van der Waals surface area (Å²) in [5.41, 5.74) is -0.838. The summed E-state index contributed by atoms with van der Waals surface area (Å²) in [6, 6.07) is 0. The molecule has 5 rings (SSSR count). The van der Waals surface area contributed by atoms with Gasteiger partial charge in [0.15, 0.2) is 0 Å². The SMILES string of the molecule is C.C.C.C.C.C.C.C.COC(=O)C1C2CC(C1C(=O)OC)C(C1C(=O)OC(=O)C1C1C3CC(C)C(C3)C1C(C)(C)C(=O)OC)C2C. The van der Waals surface area contributed by atoms with Crippen LogP contribution in [0.3, 0.4) is 0 Å². The summed E-state index contributed by atoms with van der Waals surface area (Å²) >= 11 is 0. The summed E-state index contributed by atoms with van der Waals surface area (Å²) in [6.45, 7) is 7.97. The molecule has 0 aromatic carbocycles. The Balaban J connectivity index is -0.00000110. The van der Waals surface area contributed by atoms with Crippen LogP contribution in [0.5, 0.6) is 0 Å². The first kappa shape index (κ1) is 50.4. The van der Waals surface area contributed by atoms with Crippen molar-refractivity contribution >= 4 is 29.8 Å². The molecule has 1 aliphatic heterocycles. The van der Waals surface area contributed by atoms with Gasteiger partial charge in [0.25, 0.3) is 0 Å². The van der Waals surface area contributed by atoms with Crippen LogP contribution in [0.4, 0.5) is 0 Å². The van der Waals surface area contributed by atoms with Crippen molar-refractivity contribution in [3.8, 4) is 0 Å². The van der Waals surface area contributed by atoms with E-state index in [0.717, 1.165) is 12.8 Å². The zero-order chi connectivity index (χ0) is 27.8. The maximum absolute atomic E-state index is 13.5. The summed E-state index contributed by atoms with van der Waals surface area (Å²) < 4.78 is 20.7. The minimum atomic E-state index is -0.838. The Morgan fingerprint density at radius 2 is 1.11 bits per heavy atom. The van der Waals surface area contributed by atoms with Crippen molar-refractivity contribution in [1.29, 1.82) is 0 Å². The molecule has 13 unspecified atom stereocenters. The number of ether oxygens (including phenoxy) is 4. The minimum Gasteiger partial charge on any atom is -0.469 e. The van der Waals surface area contributed by atoms with Crippen molar-refractivity contribution in [2.24, 2.45) is 82.3 Å². The predicted molar refractivity (Wildman–Crippen MR) is 185 cm³/mol. The molecule has 0 N–H and O–H groups in total. The fraction of sp³-hybridized carbons (Fsp3) is 0.865. The van der Waals surface area contributed by atoms with E-state index in [0.29, 0.717) is 12.3 Å². The molecule has 46 heavy (non-hydrogen) atoms. The van der Waals surface area contributed by atoms with E-state index >= 15 is 0 Å². The lowest BCUT2D eigenvalue weighted by molar-refractivity contribution is -0.165. The number of esters is 5. The first-order chi connectivity index (χ1) is 17.9. The number of methoxy groups -OCH3 is 3. The molecule has 0 radical (unpaired) electrons. The van der Waals surface area contributed by atoms with E-state index in [2.05, 4.69) is 6.92 Å². The second kappa shape index (κ2) is 17.6. The monoisotopic (exact) mass is 661 g/mol. The predicted octanol–water partition coefficient (Wildman–Crippen LogP) is 7.98. The van der Waals surface area contributed by atoms with Gasteiger partial charge < -0.3 is 18.9 Å². The van der Waals surface area contributed by atoms with Gasteiger partial charge in [-0.3, -0.25) is 24.0 Å². The molecule has 0 aromatic rings. The molecule has 0 aromatic heterocycles. The molecular weight excluding hydrogens is 588 g/mol. The molecule has 4 saturated carbocycles. The average Bonchev–Trinajstić information content (AvgIpc) is 3.67. The molecule has 9 heteroatoms. The molecule has 13 atom stereocenters. The summed E-state index contributed by atoms with van der Waals surface area (Å²) in [5.74, 6) is -5.47. The van der Waals surface area contributed by atoms with Gasteiger partial charge in [0.05, 0.1) is 50.4 Å². The van der Waals surface area contributed by atoms with E-state index in [4.69, 9.17) is 18.9 Å². The Bertz CT molecular complexity index is 1050. The van der Waals surface area contributed by atoms with Crippen molar-refractivity contribution in [2.75, 3.05) is 21.3 Å². The highest BCUT2D eigenvalue weighted by molar-refractivity contribution is 5.97. The quantitative estimate of drug-likeness (QED) is 0.158. The number of hydrogen-bond donors (Lipinski definition) is 0. The molecule has 5 aliphatic rings. The van der Waals surface area contributed by atoms with Crippen molar-refractivity contribution in [3.63, 3.8) is 0 Å². The average molecular weight is 661 g/mol. The third-order valence-electron chi connectivity index (χ3n) is 11.5. The van der Waals surface area contributed by atoms with Crippen LogP contribution in [0.15, 0.2) is 0 Å². The maximum Gasteiger partial charge on any atom is 0.317 e. The maximum atomic E-state index is 13.5. The van der Waals surface area contributed by atoms with E-state index in [1.54, 1.807) is 0 Å². The fourth-order valence-electron chi connectivity index (χ4n) is 10.2. The van der Waals surface area contributed by atoms with Gasteiger partial charge in [-0.15, -0.1) is 0 Å². The third kappa shape index (κ3) is 6.89. The van der Waals surface area contributed by atoms with Gasteiger partial charge in [-0.2, -0.15) is 0 Å². The largest absolute Gasteiger partial charge is 0.469 e. The molecule has 0 spiro atoms. The van der Waals surface area contributed by atoms with E-state index in [1.807, 2.05) is 20.8 Å². The van der Waals surface area contributed by atoms with Gasteiger partial charge in [0.1, 0.15) is 0 Å². The lowest BCUT2D eigenvalue weighted by atomic mass is 9.55. The van der Waals surface area contributed by atoms with Gasteiger partial charge in [0, 0.05) is 0 Å².